The number of hydrogen-bond acceptors (Lipinski definition) is 4. The van der Waals surface area contributed by atoms with Crippen LogP contribution in [0.5, 0.6) is 0 Å². The standard InChI is InChI=1S/C26H32FN3O/c1-7-13-30(6)26(29-24-12-11-23(17-31)18(3)14-24)20(5)28-16-19(4)22-10-9-21(8-2)25(27)15-22/h7,9-17,26,29H,8H2,1-6H3/b13-7-,19-16+,28-20?. The average Bonchev–Trinajstić information content (AvgIpc) is 2.75. The predicted molar refractivity (Wildman–Crippen MR) is 129 cm³/mol. The summed E-state index contributed by atoms with van der Waals surface area (Å²) < 4.78 is 14.1. The van der Waals surface area contributed by atoms with E-state index in [9.17, 15) is 9.18 Å². The predicted octanol–water partition coefficient (Wildman–Crippen LogP) is 6.23. The first-order valence-corrected chi connectivity index (χ1v) is 10.5. The second-order valence-corrected chi connectivity index (χ2v) is 7.63. The van der Waals surface area contributed by atoms with Gasteiger partial charge in [-0.3, -0.25) is 9.79 Å². The number of hydrogen-bond donors (Lipinski definition) is 1. The zero-order chi connectivity index (χ0) is 23.0. The van der Waals surface area contributed by atoms with Crippen LogP contribution in [0.2, 0.25) is 0 Å². The fraction of sp³-hybridized carbons (Fsp3) is 0.308. The molecular formula is C26H32FN3O. The van der Waals surface area contributed by atoms with E-state index in [0.29, 0.717) is 17.5 Å². The Kier molecular flexibility index (Phi) is 8.74. The lowest BCUT2D eigenvalue weighted by molar-refractivity contribution is 0.112. The van der Waals surface area contributed by atoms with Gasteiger partial charge in [-0.1, -0.05) is 25.1 Å². The van der Waals surface area contributed by atoms with Gasteiger partial charge in [-0.2, -0.15) is 0 Å². The Morgan fingerprint density at radius 3 is 2.55 bits per heavy atom. The number of carbonyl (C=O) groups is 1. The van der Waals surface area contributed by atoms with E-state index in [-0.39, 0.29) is 12.0 Å². The van der Waals surface area contributed by atoms with Gasteiger partial charge in [-0.25, -0.2) is 4.39 Å². The molecule has 0 saturated heterocycles. The third-order valence-electron chi connectivity index (χ3n) is 5.24. The number of rotatable bonds is 9. The molecule has 5 heteroatoms. The molecule has 0 aliphatic rings. The van der Waals surface area contributed by atoms with E-state index in [2.05, 4.69) is 10.3 Å². The fourth-order valence-corrected chi connectivity index (χ4v) is 3.30. The van der Waals surface area contributed by atoms with Crippen LogP contribution in [0.1, 0.15) is 54.7 Å². The third-order valence-corrected chi connectivity index (χ3v) is 5.24. The number of allylic oxidation sites excluding steroid dienone is 2. The van der Waals surface area contributed by atoms with Crippen molar-refractivity contribution in [2.45, 2.75) is 47.2 Å². The summed E-state index contributed by atoms with van der Waals surface area (Å²) in [6, 6.07) is 11.0. The number of aldehydes is 1. The molecule has 0 saturated carbocycles. The first kappa shape index (κ1) is 24.1. The Balaban J connectivity index is 2.31. The van der Waals surface area contributed by atoms with Gasteiger partial charge in [0.05, 0.1) is 5.71 Å². The van der Waals surface area contributed by atoms with Crippen molar-refractivity contribution in [2.24, 2.45) is 4.99 Å². The van der Waals surface area contributed by atoms with Crippen LogP contribution >= 0.6 is 0 Å². The summed E-state index contributed by atoms with van der Waals surface area (Å²) in [5, 5.41) is 3.48. The van der Waals surface area contributed by atoms with E-state index in [1.807, 2.05) is 89.2 Å². The van der Waals surface area contributed by atoms with Crippen LogP contribution in [-0.2, 0) is 6.42 Å². The first-order valence-electron chi connectivity index (χ1n) is 10.5. The summed E-state index contributed by atoms with van der Waals surface area (Å²) in [6.45, 7) is 9.69. The van der Waals surface area contributed by atoms with Gasteiger partial charge >= 0.3 is 0 Å². The van der Waals surface area contributed by atoms with E-state index in [1.165, 1.54) is 0 Å². The smallest absolute Gasteiger partial charge is 0.150 e. The largest absolute Gasteiger partial charge is 0.360 e. The number of nitrogens with one attached hydrogen (secondary N) is 1. The Morgan fingerprint density at radius 1 is 1.23 bits per heavy atom. The highest BCUT2D eigenvalue weighted by Gasteiger charge is 2.16. The Labute approximate surface area is 185 Å². The molecule has 31 heavy (non-hydrogen) atoms. The molecule has 1 N–H and O–H groups in total. The fourth-order valence-electron chi connectivity index (χ4n) is 3.30. The molecule has 0 fully saturated rings. The maximum atomic E-state index is 14.1. The van der Waals surface area contributed by atoms with Crippen molar-refractivity contribution >= 4 is 23.3 Å². The summed E-state index contributed by atoms with van der Waals surface area (Å²) in [4.78, 5) is 17.8. The molecule has 0 aliphatic carbocycles. The van der Waals surface area contributed by atoms with E-state index < -0.39 is 0 Å². The quantitative estimate of drug-likeness (QED) is 0.296. The number of benzene rings is 2. The minimum Gasteiger partial charge on any atom is -0.360 e. The van der Waals surface area contributed by atoms with Crippen LogP contribution in [0.25, 0.3) is 5.57 Å². The van der Waals surface area contributed by atoms with Crippen molar-refractivity contribution in [1.82, 2.24) is 4.90 Å². The highest BCUT2D eigenvalue weighted by molar-refractivity contribution is 5.90. The minimum atomic E-state index is -0.194. The molecule has 0 spiro atoms. The maximum absolute atomic E-state index is 14.1. The Morgan fingerprint density at radius 2 is 1.97 bits per heavy atom. The molecule has 1 atom stereocenters. The van der Waals surface area contributed by atoms with Gasteiger partial charge in [-0.05, 0) is 86.8 Å². The van der Waals surface area contributed by atoms with Crippen molar-refractivity contribution in [3.05, 3.63) is 82.9 Å². The van der Waals surface area contributed by atoms with E-state index in [0.717, 1.165) is 34.4 Å². The van der Waals surface area contributed by atoms with Crippen LogP contribution in [0, 0.1) is 12.7 Å². The highest BCUT2D eigenvalue weighted by atomic mass is 19.1. The van der Waals surface area contributed by atoms with Crippen molar-refractivity contribution in [1.29, 1.82) is 0 Å². The summed E-state index contributed by atoms with van der Waals surface area (Å²) in [5.74, 6) is -0.185. The number of anilines is 1. The van der Waals surface area contributed by atoms with E-state index in [1.54, 1.807) is 12.3 Å². The third kappa shape index (κ3) is 6.38. The number of nitrogens with zero attached hydrogens (tertiary/aromatic N) is 2. The molecule has 0 amide bonds. The molecule has 1 unspecified atom stereocenters. The minimum absolute atomic E-state index is 0.185. The van der Waals surface area contributed by atoms with Gasteiger partial charge in [-0.15, -0.1) is 0 Å². The van der Waals surface area contributed by atoms with E-state index in [4.69, 9.17) is 0 Å². The lowest BCUT2D eigenvalue weighted by Crippen LogP contribution is -2.40. The second-order valence-electron chi connectivity index (χ2n) is 7.63. The van der Waals surface area contributed by atoms with Crippen LogP contribution in [-0.4, -0.2) is 30.1 Å². The molecule has 0 aromatic heterocycles. The van der Waals surface area contributed by atoms with Crippen molar-refractivity contribution in [3.8, 4) is 0 Å². The van der Waals surface area contributed by atoms with E-state index >= 15 is 0 Å². The molecule has 164 valence electrons. The molecule has 0 bridgehead atoms. The highest BCUT2D eigenvalue weighted by Crippen LogP contribution is 2.19. The lowest BCUT2D eigenvalue weighted by atomic mass is 10.0. The second kappa shape index (κ2) is 11.3. The first-order chi connectivity index (χ1) is 14.8. The summed E-state index contributed by atoms with van der Waals surface area (Å²) >= 11 is 0. The number of aryl methyl sites for hydroxylation is 2. The maximum Gasteiger partial charge on any atom is 0.150 e. The lowest BCUT2D eigenvalue weighted by Gasteiger charge is -2.29. The van der Waals surface area contributed by atoms with Gasteiger partial charge in [0, 0.05) is 24.5 Å². The molecule has 2 aromatic carbocycles. The summed E-state index contributed by atoms with van der Waals surface area (Å²) in [5.41, 5.74) is 5.76. The molecule has 0 radical (unpaired) electrons. The number of carbonyl (C=O) groups excluding carboxylic acids is 1. The molecule has 0 heterocycles. The van der Waals surface area contributed by atoms with Gasteiger partial charge in [0.15, 0.2) is 0 Å². The molecule has 4 nitrogen and oxygen atoms in total. The average molecular weight is 422 g/mol. The summed E-state index contributed by atoms with van der Waals surface area (Å²) in [7, 11) is 1.97. The summed E-state index contributed by atoms with van der Waals surface area (Å²) in [6.07, 6.45) is 7.04. The van der Waals surface area contributed by atoms with Crippen molar-refractivity contribution < 1.29 is 9.18 Å². The van der Waals surface area contributed by atoms with Crippen LogP contribution < -0.4 is 5.32 Å². The normalized spacial score (nSPS) is 13.4. The monoisotopic (exact) mass is 421 g/mol. The number of halogens is 1. The SMILES string of the molecule is C/C=C\N(C)C(Nc1ccc(C=O)c(C)c1)C(C)=N/C=C(\C)c1ccc(CC)c(F)c1. The van der Waals surface area contributed by atoms with Crippen molar-refractivity contribution in [3.63, 3.8) is 0 Å². The molecule has 0 aliphatic heterocycles. The molecule has 2 rings (SSSR count). The van der Waals surface area contributed by atoms with Crippen molar-refractivity contribution in [2.75, 3.05) is 12.4 Å². The van der Waals surface area contributed by atoms with Crippen LogP contribution in [0.15, 0.2) is 59.9 Å². The van der Waals surface area contributed by atoms with Gasteiger partial charge in [0.2, 0.25) is 0 Å². The topological polar surface area (TPSA) is 44.7 Å². The van der Waals surface area contributed by atoms with Crippen LogP contribution in [0.4, 0.5) is 10.1 Å². The zero-order valence-electron chi connectivity index (χ0n) is 19.2. The van der Waals surface area contributed by atoms with Gasteiger partial charge in [0.1, 0.15) is 18.3 Å². The Hall–Kier alpha value is -3.21. The van der Waals surface area contributed by atoms with Gasteiger partial charge in [0.25, 0.3) is 0 Å². The molecule has 2 aromatic rings. The Bertz CT molecular complexity index is 1010. The van der Waals surface area contributed by atoms with Gasteiger partial charge < -0.3 is 10.2 Å². The molecular weight excluding hydrogens is 389 g/mol. The zero-order valence-corrected chi connectivity index (χ0v) is 19.2. The van der Waals surface area contributed by atoms with Crippen LogP contribution in [0.3, 0.4) is 0 Å². The number of aliphatic imine (C=N–C) groups is 1.